The zero-order valence-electron chi connectivity index (χ0n) is 18.2. The van der Waals surface area contributed by atoms with E-state index in [0.29, 0.717) is 31.0 Å². The number of hydrogen-bond donors (Lipinski definition) is 2. The van der Waals surface area contributed by atoms with Gasteiger partial charge in [0.2, 0.25) is 5.91 Å². The summed E-state index contributed by atoms with van der Waals surface area (Å²) >= 11 is 1.30. The smallest absolute Gasteiger partial charge is 0.348 e. The van der Waals surface area contributed by atoms with Crippen LogP contribution >= 0.6 is 11.3 Å². The second-order valence-electron chi connectivity index (χ2n) is 9.04. The lowest BCUT2D eigenvalue weighted by molar-refractivity contribution is -0.123. The van der Waals surface area contributed by atoms with Crippen molar-refractivity contribution in [3.8, 4) is 0 Å². The molecule has 30 heavy (non-hydrogen) atoms. The molecule has 1 heterocycles. The minimum Gasteiger partial charge on any atom is -0.477 e. The highest BCUT2D eigenvalue weighted by Crippen LogP contribution is 2.39. The lowest BCUT2D eigenvalue weighted by Gasteiger charge is -2.31. The summed E-state index contributed by atoms with van der Waals surface area (Å²) in [5, 5.41) is 19.5. The number of carboxylic acids is 1. The predicted molar refractivity (Wildman–Crippen MR) is 122 cm³/mol. The third-order valence-electron chi connectivity index (χ3n) is 6.44. The number of allylic oxidation sites excluding steroid dienone is 2. The summed E-state index contributed by atoms with van der Waals surface area (Å²) in [6.45, 7) is 4.42. The van der Waals surface area contributed by atoms with Gasteiger partial charge < -0.3 is 15.1 Å². The number of anilines is 1. The summed E-state index contributed by atoms with van der Waals surface area (Å²) in [5.41, 5.74) is 1.76. The second-order valence-corrected chi connectivity index (χ2v) is 10.1. The van der Waals surface area contributed by atoms with Gasteiger partial charge in [-0.25, -0.2) is 4.79 Å². The van der Waals surface area contributed by atoms with Gasteiger partial charge in [0.15, 0.2) is 0 Å². The van der Waals surface area contributed by atoms with Gasteiger partial charge in [0, 0.05) is 17.3 Å². The molecule has 3 rings (SSSR count). The molecule has 1 atom stereocenters. The van der Waals surface area contributed by atoms with Gasteiger partial charge in [-0.1, -0.05) is 13.0 Å². The minimum atomic E-state index is -0.969. The number of aliphatic hydroxyl groups excluding tert-OH is 1. The van der Waals surface area contributed by atoms with Crippen molar-refractivity contribution in [1.29, 1.82) is 0 Å². The van der Waals surface area contributed by atoms with Gasteiger partial charge in [-0.05, 0) is 88.7 Å². The first-order valence-corrected chi connectivity index (χ1v) is 12.2. The van der Waals surface area contributed by atoms with Crippen molar-refractivity contribution in [3.05, 3.63) is 21.9 Å². The zero-order chi connectivity index (χ0) is 21.7. The molecule has 166 valence electrons. The van der Waals surface area contributed by atoms with Gasteiger partial charge in [0.1, 0.15) is 4.88 Å². The van der Waals surface area contributed by atoms with Crippen molar-refractivity contribution in [2.45, 2.75) is 84.2 Å². The third-order valence-corrected chi connectivity index (χ3v) is 7.63. The number of carbonyl (C=O) groups is 2. The van der Waals surface area contributed by atoms with E-state index in [-0.39, 0.29) is 16.7 Å². The van der Waals surface area contributed by atoms with E-state index >= 15 is 0 Å². The molecule has 5 nitrogen and oxygen atoms in total. The SMILES string of the molecule is CC(O)CCCN(C(=O)C1CCC(C)CC1)c1cc(C2=CCCCC2)sc1C(=O)O. The molecule has 1 saturated carbocycles. The van der Waals surface area contributed by atoms with E-state index in [9.17, 15) is 19.8 Å². The molecule has 0 radical (unpaired) electrons. The molecule has 0 aliphatic heterocycles. The Morgan fingerprint density at radius 1 is 1.23 bits per heavy atom. The minimum absolute atomic E-state index is 0.0355. The molecule has 1 amide bonds. The van der Waals surface area contributed by atoms with Gasteiger partial charge in [-0.2, -0.15) is 0 Å². The second kappa shape index (κ2) is 10.6. The topological polar surface area (TPSA) is 77.8 Å². The molecule has 0 saturated heterocycles. The molecule has 0 aromatic carbocycles. The maximum atomic E-state index is 13.5. The van der Waals surface area contributed by atoms with Crippen LogP contribution in [0.4, 0.5) is 5.69 Å². The number of nitrogens with zero attached hydrogens (tertiary/aromatic N) is 1. The highest BCUT2D eigenvalue weighted by atomic mass is 32.1. The number of hydrogen-bond acceptors (Lipinski definition) is 4. The Morgan fingerprint density at radius 3 is 2.57 bits per heavy atom. The number of aromatic carboxylic acids is 1. The number of carbonyl (C=O) groups excluding carboxylic acids is 1. The maximum absolute atomic E-state index is 13.5. The van der Waals surface area contributed by atoms with E-state index in [1.54, 1.807) is 11.8 Å². The van der Waals surface area contributed by atoms with E-state index in [1.807, 2.05) is 6.07 Å². The fourth-order valence-electron chi connectivity index (χ4n) is 4.58. The molecule has 2 aliphatic carbocycles. The Bertz CT molecular complexity index is 774. The molecular formula is C24H35NO4S. The van der Waals surface area contributed by atoms with Crippen LogP contribution in [0.5, 0.6) is 0 Å². The van der Waals surface area contributed by atoms with Gasteiger partial charge in [0.05, 0.1) is 11.8 Å². The largest absolute Gasteiger partial charge is 0.477 e. The van der Waals surface area contributed by atoms with Gasteiger partial charge in [-0.15, -0.1) is 11.3 Å². The van der Waals surface area contributed by atoms with Crippen molar-refractivity contribution >= 4 is 34.5 Å². The van der Waals surface area contributed by atoms with Crippen LogP contribution < -0.4 is 4.90 Å². The Morgan fingerprint density at radius 2 is 1.97 bits per heavy atom. The summed E-state index contributed by atoms with van der Waals surface area (Å²) < 4.78 is 0. The van der Waals surface area contributed by atoms with Gasteiger partial charge in [-0.3, -0.25) is 4.79 Å². The van der Waals surface area contributed by atoms with Crippen LogP contribution in [0.15, 0.2) is 12.1 Å². The first-order chi connectivity index (χ1) is 14.4. The fourth-order valence-corrected chi connectivity index (χ4v) is 5.64. The molecule has 0 spiro atoms. The van der Waals surface area contributed by atoms with Crippen molar-refractivity contribution in [2.24, 2.45) is 11.8 Å². The number of thiophene rings is 1. The molecular weight excluding hydrogens is 398 g/mol. The summed E-state index contributed by atoms with van der Waals surface area (Å²) in [7, 11) is 0. The number of rotatable bonds is 8. The molecule has 1 aromatic rings. The molecule has 1 aromatic heterocycles. The normalized spacial score (nSPS) is 23.0. The number of carboxylic acid groups (broad SMARTS) is 1. The van der Waals surface area contributed by atoms with E-state index in [1.165, 1.54) is 23.3 Å². The van der Waals surface area contributed by atoms with Gasteiger partial charge in [0.25, 0.3) is 0 Å². The molecule has 1 unspecified atom stereocenters. The maximum Gasteiger partial charge on any atom is 0.348 e. The summed E-state index contributed by atoms with van der Waals surface area (Å²) in [5.74, 6) is -0.301. The summed E-state index contributed by atoms with van der Waals surface area (Å²) in [4.78, 5) is 28.5. The van der Waals surface area contributed by atoms with Crippen molar-refractivity contribution < 1.29 is 19.8 Å². The standard InChI is InChI=1S/C24H35NO4S/c1-16-10-12-19(13-11-16)23(27)25(14-6-7-17(2)26)20-15-21(30-22(20)24(28)29)18-8-4-3-5-9-18/h8,15-17,19,26H,3-7,9-14H2,1-2H3,(H,28,29). The Balaban J connectivity index is 1.90. The van der Waals surface area contributed by atoms with Crippen molar-refractivity contribution in [3.63, 3.8) is 0 Å². The third kappa shape index (κ3) is 5.73. The van der Waals surface area contributed by atoms with Crippen LogP contribution in [-0.2, 0) is 4.79 Å². The predicted octanol–water partition coefficient (Wildman–Crippen LogP) is 5.72. The first-order valence-electron chi connectivity index (χ1n) is 11.4. The fraction of sp³-hybridized carbons (Fsp3) is 0.667. The monoisotopic (exact) mass is 433 g/mol. The molecule has 6 heteroatoms. The van der Waals surface area contributed by atoms with Crippen LogP contribution in [-0.4, -0.2) is 34.7 Å². The summed E-state index contributed by atoms with van der Waals surface area (Å²) in [6, 6.07) is 1.93. The summed E-state index contributed by atoms with van der Waals surface area (Å²) in [6.07, 6.45) is 11.2. The molecule has 2 aliphatic rings. The number of aliphatic hydroxyl groups is 1. The van der Waals surface area contributed by atoms with Crippen LogP contribution in [0.3, 0.4) is 0 Å². The lowest BCUT2D eigenvalue weighted by Crippen LogP contribution is -2.39. The van der Waals surface area contributed by atoms with E-state index < -0.39 is 12.1 Å². The molecule has 0 bridgehead atoms. The van der Waals surface area contributed by atoms with Crippen LogP contribution in [0.25, 0.3) is 5.57 Å². The van der Waals surface area contributed by atoms with E-state index in [0.717, 1.165) is 49.8 Å². The van der Waals surface area contributed by atoms with E-state index in [4.69, 9.17) is 0 Å². The Hall–Kier alpha value is -1.66. The molecule has 2 N–H and O–H groups in total. The Kier molecular flexibility index (Phi) is 8.12. The number of amides is 1. The van der Waals surface area contributed by atoms with Crippen molar-refractivity contribution in [2.75, 3.05) is 11.4 Å². The Labute approximate surface area is 183 Å². The van der Waals surface area contributed by atoms with Crippen LogP contribution in [0.1, 0.15) is 92.6 Å². The van der Waals surface area contributed by atoms with Crippen LogP contribution in [0, 0.1) is 11.8 Å². The average Bonchev–Trinajstić information content (AvgIpc) is 3.17. The highest BCUT2D eigenvalue weighted by molar-refractivity contribution is 7.15. The van der Waals surface area contributed by atoms with Crippen LogP contribution in [0.2, 0.25) is 0 Å². The average molecular weight is 434 g/mol. The zero-order valence-corrected chi connectivity index (χ0v) is 19.0. The van der Waals surface area contributed by atoms with Gasteiger partial charge >= 0.3 is 5.97 Å². The first kappa shape index (κ1) is 23.0. The van der Waals surface area contributed by atoms with E-state index in [2.05, 4.69) is 13.0 Å². The molecule has 1 fully saturated rings. The van der Waals surface area contributed by atoms with Crippen molar-refractivity contribution in [1.82, 2.24) is 0 Å². The lowest BCUT2D eigenvalue weighted by atomic mass is 9.82. The highest BCUT2D eigenvalue weighted by Gasteiger charge is 2.32. The quantitative estimate of drug-likeness (QED) is 0.549.